The van der Waals surface area contributed by atoms with Gasteiger partial charge in [0.25, 0.3) is 5.69 Å². The Labute approximate surface area is 113 Å². The number of nitrogens with zero attached hydrogens (tertiary/aromatic N) is 1. The molecule has 1 aromatic rings. The van der Waals surface area contributed by atoms with E-state index in [0.29, 0.717) is 10.0 Å². The van der Waals surface area contributed by atoms with Crippen LogP contribution in [0.2, 0.25) is 0 Å². The quantitative estimate of drug-likeness (QED) is 0.525. The lowest BCUT2D eigenvalue weighted by atomic mass is 10.1. The highest BCUT2D eigenvalue weighted by Gasteiger charge is 2.13. The maximum Gasteiger partial charge on any atom is 0.283 e. The number of carbonyl (C=O) groups is 1. The number of amides is 1. The normalized spacial score (nSPS) is 9.22. The van der Waals surface area contributed by atoms with Gasteiger partial charge < -0.3 is 5.32 Å². The van der Waals surface area contributed by atoms with E-state index in [2.05, 4.69) is 33.1 Å². The molecular formula is C12H11BrN2O3. The van der Waals surface area contributed by atoms with Gasteiger partial charge in [0.05, 0.1) is 22.4 Å². The lowest BCUT2D eigenvalue weighted by Crippen LogP contribution is -2.25. The number of nitro groups is 1. The molecule has 0 heterocycles. The second kappa shape index (κ2) is 6.77. The number of hydrogen-bond acceptors (Lipinski definition) is 3. The number of nitrogens with one attached hydrogen (secondary N) is 1. The van der Waals surface area contributed by atoms with Crippen molar-refractivity contribution in [2.45, 2.75) is 13.3 Å². The average Bonchev–Trinajstić information content (AvgIpc) is 2.31. The van der Waals surface area contributed by atoms with Crippen LogP contribution in [0.25, 0.3) is 0 Å². The third-order valence-electron chi connectivity index (χ3n) is 2.12. The summed E-state index contributed by atoms with van der Waals surface area (Å²) in [6, 6.07) is 4.62. The second-order valence-corrected chi connectivity index (χ2v) is 4.28. The molecule has 94 valence electrons. The van der Waals surface area contributed by atoms with Gasteiger partial charge in [-0.1, -0.05) is 12.0 Å². The molecule has 0 radical (unpaired) electrons. The van der Waals surface area contributed by atoms with Gasteiger partial charge in [0.15, 0.2) is 0 Å². The van der Waals surface area contributed by atoms with Gasteiger partial charge in [-0.25, -0.2) is 0 Å². The third kappa shape index (κ3) is 4.18. The van der Waals surface area contributed by atoms with Crippen molar-refractivity contribution in [1.82, 2.24) is 5.32 Å². The van der Waals surface area contributed by atoms with Crippen molar-refractivity contribution in [3.63, 3.8) is 0 Å². The molecule has 0 saturated heterocycles. The Hall–Kier alpha value is -1.87. The first kappa shape index (κ1) is 14.2. The molecule has 0 bridgehead atoms. The van der Waals surface area contributed by atoms with Crippen LogP contribution >= 0.6 is 15.9 Å². The summed E-state index contributed by atoms with van der Waals surface area (Å²) in [4.78, 5) is 21.7. The summed E-state index contributed by atoms with van der Waals surface area (Å²) in [5.74, 6) is 5.15. The lowest BCUT2D eigenvalue weighted by molar-refractivity contribution is -0.385. The van der Waals surface area contributed by atoms with E-state index in [-0.39, 0.29) is 24.6 Å². The van der Waals surface area contributed by atoms with Gasteiger partial charge in [-0.3, -0.25) is 14.9 Å². The first-order valence-corrected chi connectivity index (χ1v) is 5.93. The van der Waals surface area contributed by atoms with E-state index in [1.807, 2.05) is 0 Å². The van der Waals surface area contributed by atoms with Gasteiger partial charge in [0.2, 0.25) is 5.91 Å². The van der Waals surface area contributed by atoms with Crippen LogP contribution in [0.5, 0.6) is 0 Å². The Morgan fingerprint density at radius 3 is 2.89 bits per heavy atom. The van der Waals surface area contributed by atoms with Crippen LogP contribution in [0, 0.1) is 22.0 Å². The Morgan fingerprint density at radius 1 is 1.56 bits per heavy atom. The summed E-state index contributed by atoms with van der Waals surface area (Å²) in [5.41, 5.74) is 0.542. The minimum atomic E-state index is -0.492. The standard InChI is InChI=1S/C12H11BrN2O3/c1-2-3-6-14-12(16)8-9-4-5-10(13)11(7-9)15(17)18/h4-5,7H,6,8H2,1H3,(H,14,16). The van der Waals surface area contributed by atoms with Crippen molar-refractivity contribution in [3.05, 3.63) is 38.3 Å². The minimum Gasteiger partial charge on any atom is -0.345 e. The van der Waals surface area contributed by atoms with E-state index >= 15 is 0 Å². The van der Waals surface area contributed by atoms with Gasteiger partial charge in [-0.2, -0.15) is 0 Å². The molecule has 0 spiro atoms. The highest BCUT2D eigenvalue weighted by molar-refractivity contribution is 9.10. The Bertz CT molecular complexity index is 532. The first-order valence-electron chi connectivity index (χ1n) is 5.13. The van der Waals surface area contributed by atoms with Crippen LogP contribution in [-0.4, -0.2) is 17.4 Å². The molecule has 0 aliphatic carbocycles. The summed E-state index contributed by atoms with van der Waals surface area (Å²) < 4.78 is 0.397. The molecule has 5 nitrogen and oxygen atoms in total. The van der Waals surface area contributed by atoms with Crippen molar-refractivity contribution >= 4 is 27.5 Å². The maximum absolute atomic E-state index is 11.5. The minimum absolute atomic E-state index is 0.0475. The Morgan fingerprint density at radius 2 is 2.28 bits per heavy atom. The molecule has 6 heteroatoms. The number of hydrogen-bond donors (Lipinski definition) is 1. The molecule has 0 atom stereocenters. The molecule has 1 amide bonds. The smallest absolute Gasteiger partial charge is 0.283 e. The van der Waals surface area contributed by atoms with Crippen LogP contribution in [0.3, 0.4) is 0 Å². The van der Waals surface area contributed by atoms with Crippen molar-refractivity contribution in [2.24, 2.45) is 0 Å². The summed E-state index contributed by atoms with van der Waals surface area (Å²) in [7, 11) is 0. The van der Waals surface area contributed by atoms with E-state index in [4.69, 9.17) is 0 Å². The molecule has 1 rings (SSSR count). The molecule has 0 fully saturated rings. The van der Waals surface area contributed by atoms with Gasteiger partial charge >= 0.3 is 0 Å². The second-order valence-electron chi connectivity index (χ2n) is 3.42. The molecule has 0 unspecified atom stereocenters. The van der Waals surface area contributed by atoms with E-state index < -0.39 is 4.92 Å². The van der Waals surface area contributed by atoms with Crippen LogP contribution in [0.4, 0.5) is 5.69 Å². The number of carbonyl (C=O) groups excluding carboxylic acids is 1. The van der Waals surface area contributed by atoms with Crippen LogP contribution < -0.4 is 5.32 Å². The van der Waals surface area contributed by atoms with Crippen molar-refractivity contribution in [1.29, 1.82) is 0 Å². The van der Waals surface area contributed by atoms with Crippen LogP contribution in [0.1, 0.15) is 12.5 Å². The highest BCUT2D eigenvalue weighted by atomic mass is 79.9. The van der Waals surface area contributed by atoms with Crippen molar-refractivity contribution in [3.8, 4) is 11.8 Å². The van der Waals surface area contributed by atoms with Gasteiger partial charge in [0, 0.05) is 6.07 Å². The molecule has 0 saturated carbocycles. The molecule has 1 N–H and O–H groups in total. The zero-order valence-corrected chi connectivity index (χ0v) is 11.3. The molecule has 18 heavy (non-hydrogen) atoms. The topological polar surface area (TPSA) is 72.2 Å². The van der Waals surface area contributed by atoms with Crippen molar-refractivity contribution in [2.75, 3.05) is 6.54 Å². The van der Waals surface area contributed by atoms with Crippen LogP contribution in [-0.2, 0) is 11.2 Å². The van der Waals surface area contributed by atoms with Gasteiger partial charge in [-0.15, -0.1) is 5.92 Å². The zero-order valence-electron chi connectivity index (χ0n) is 9.70. The SMILES string of the molecule is CC#CCNC(=O)Cc1ccc(Br)c([N+](=O)[O-])c1. The number of benzene rings is 1. The lowest BCUT2D eigenvalue weighted by Gasteiger charge is -2.03. The van der Waals surface area contributed by atoms with Crippen LogP contribution in [0.15, 0.2) is 22.7 Å². The first-order chi connectivity index (χ1) is 8.54. The number of nitro benzene ring substituents is 1. The number of rotatable bonds is 4. The predicted molar refractivity (Wildman–Crippen MR) is 71.0 cm³/mol. The fraction of sp³-hybridized carbons (Fsp3) is 0.250. The molecular weight excluding hydrogens is 300 g/mol. The highest BCUT2D eigenvalue weighted by Crippen LogP contribution is 2.25. The zero-order chi connectivity index (χ0) is 13.5. The van der Waals surface area contributed by atoms with E-state index in [1.54, 1.807) is 19.1 Å². The van der Waals surface area contributed by atoms with Gasteiger partial charge in [0.1, 0.15) is 0 Å². The predicted octanol–water partition coefficient (Wildman–Crippen LogP) is 2.04. The number of halogens is 1. The summed E-state index contributed by atoms with van der Waals surface area (Å²) >= 11 is 3.09. The summed E-state index contributed by atoms with van der Waals surface area (Å²) in [6.07, 6.45) is 0.0967. The summed E-state index contributed by atoms with van der Waals surface area (Å²) in [5, 5.41) is 13.3. The van der Waals surface area contributed by atoms with E-state index in [0.717, 1.165) is 0 Å². The maximum atomic E-state index is 11.5. The molecule has 0 aliphatic rings. The Balaban J connectivity index is 2.72. The fourth-order valence-electron chi connectivity index (χ4n) is 1.29. The summed E-state index contributed by atoms with van der Waals surface area (Å²) in [6.45, 7) is 1.97. The van der Waals surface area contributed by atoms with E-state index in [1.165, 1.54) is 6.07 Å². The Kier molecular flexibility index (Phi) is 5.33. The average molecular weight is 311 g/mol. The molecule has 0 aliphatic heterocycles. The molecule has 0 aromatic heterocycles. The van der Waals surface area contributed by atoms with E-state index in [9.17, 15) is 14.9 Å². The van der Waals surface area contributed by atoms with Crippen molar-refractivity contribution < 1.29 is 9.72 Å². The largest absolute Gasteiger partial charge is 0.345 e. The third-order valence-corrected chi connectivity index (χ3v) is 2.79. The monoisotopic (exact) mass is 310 g/mol. The fourth-order valence-corrected chi connectivity index (χ4v) is 1.68. The molecule has 1 aromatic carbocycles. The van der Waals surface area contributed by atoms with Gasteiger partial charge in [-0.05, 0) is 34.5 Å².